The fourth-order valence-corrected chi connectivity index (χ4v) is 23.6. The molecule has 0 radical (unpaired) electrons. The molecule has 24 aromatic carbocycles. The van der Waals surface area contributed by atoms with Crippen LogP contribution < -0.4 is 14.7 Å². The molecule has 0 aliphatic carbocycles. The highest BCUT2D eigenvalue weighted by atomic mass is 35.5. The van der Waals surface area contributed by atoms with Crippen molar-refractivity contribution in [3.63, 3.8) is 0 Å². The van der Waals surface area contributed by atoms with E-state index in [-0.39, 0.29) is 0 Å². The summed E-state index contributed by atoms with van der Waals surface area (Å²) in [5.74, 6) is 0. The molecule has 0 unspecified atom stereocenters. The molecule has 28 aromatic rings. The predicted molar refractivity (Wildman–Crippen MR) is 634 cm³/mol. The van der Waals surface area contributed by atoms with Crippen LogP contribution in [0.25, 0.3) is 191 Å². The van der Waals surface area contributed by atoms with Crippen molar-refractivity contribution >= 4 is 215 Å². The second-order valence-corrected chi connectivity index (χ2v) is 39.9. The average molecular weight is 1970 g/mol. The standard InChI is InChI=1S/C46H29ClN2S.2C46H31ClN2/c47-33-25-32(26-37(28-33)48(34-12-3-1-4-13-34)36-21-24-45-42(29-36)40-17-9-10-18-44(40)50-45)31-20-22-39-41-23-19-30-11-7-8-16-38(30)46(41)49(43(39)27-31)35-14-5-2-6-15-35;47-37-27-36(29-41(31-37)48(38-17-6-2-7-18-38)40-21-12-16-34(28-40)32-13-4-1-5-14-32)35-24-25-43-44-26-23-33-15-10-11-22-42(33)46(44)49(45(43)30-35)39-19-8-3-9-20-39;47-37-28-36(29-41(31-37)48(38-15-6-2-7-16-38)40-24-20-33(21-25-40)32-12-4-1-5-13-32)35-23-26-43-44-27-22-34-14-10-11-19-42(34)46(44)49(45(43)30-35)39-17-8-3-9-18-39/h1-29H;2*1-31H. The summed E-state index contributed by atoms with van der Waals surface area (Å²) in [5.41, 5.74) is 31.2. The molecule has 0 saturated heterocycles. The first-order valence-corrected chi connectivity index (χ1v) is 51.8. The number of nitrogens with zero attached hydrogens (tertiary/aromatic N) is 6. The van der Waals surface area contributed by atoms with Gasteiger partial charge in [0.1, 0.15) is 0 Å². The maximum atomic E-state index is 7.02. The number of halogens is 3. The van der Waals surface area contributed by atoms with E-state index in [4.69, 9.17) is 34.8 Å². The third-order valence-corrected chi connectivity index (χ3v) is 30.3. The summed E-state index contributed by atoms with van der Waals surface area (Å²) in [5, 5.41) is 19.4. The summed E-state index contributed by atoms with van der Waals surface area (Å²) < 4.78 is 9.82. The molecule has 28 rings (SSSR count). The zero-order chi connectivity index (χ0) is 98.7. The Morgan fingerprint density at radius 3 is 0.804 bits per heavy atom. The third-order valence-electron chi connectivity index (χ3n) is 28.5. The van der Waals surface area contributed by atoms with Crippen molar-refractivity contribution < 1.29 is 0 Å². The number of fused-ring (bicyclic) bond motifs is 18. The lowest BCUT2D eigenvalue weighted by molar-refractivity contribution is 1.19. The third kappa shape index (κ3) is 16.9. The fourth-order valence-electron chi connectivity index (χ4n) is 21.8. The lowest BCUT2D eigenvalue weighted by atomic mass is 10.0. The van der Waals surface area contributed by atoms with E-state index < -0.39 is 0 Å². The minimum Gasteiger partial charge on any atom is -0.310 e. The average Bonchev–Trinajstić information content (AvgIpc) is 1.58. The fraction of sp³-hybridized carbons (Fsp3) is 0. The Morgan fingerprint density at radius 1 is 0.149 bits per heavy atom. The molecule has 6 nitrogen and oxygen atoms in total. The van der Waals surface area contributed by atoms with Gasteiger partial charge in [0, 0.05) is 152 Å². The number of hydrogen-bond acceptors (Lipinski definition) is 4. The number of benzene rings is 24. The molecule has 0 spiro atoms. The zero-order valence-corrected chi connectivity index (χ0v) is 83.3. The van der Waals surface area contributed by atoms with E-state index in [1.54, 1.807) is 0 Å². The van der Waals surface area contributed by atoms with E-state index in [0.29, 0.717) is 15.1 Å². The highest BCUT2D eigenvalue weighted by molar-refractivity contribution is 7.25. The molecule has 0 fully saturated rings. The molecular weight excluding hydrogens is 1880 g/mol. The van der Waals surface area contributed by atoms with Crippen molar-refractivity contribution in [3.8, 4) is 72.7 Å². The highest BCUT2D eigenvalue weighted by Gasteiger charge is 2.26. The van der Waals surface area contributed by atoms with Crippen molar-refractivity contribution in [2.75, 3.05) is 14.7 Å². The Bertz CT molecular complexity index is 9890. The Hall–Kier alpha value is -18.1. The summed E-state index contributed by atoms with van der Waals surface area (Å²) in [7, 11) is 0. The van der Waals surface area contributed by atoms with Crippen molar-refractivity contribution in [2.45, 2.75) is 0 Å². The summed E-state index contributed by atoms with van der Waals surface area (Å²) in [6, 6.07) is 196. The maximum absolute atomic E-state index is 7.02. The van der Waals surface area contributed by atoms with Crippen LogP contribution in [0.2, 0.25) is 15.1 Å². The normalized spacial score (nSPS) is 11.5. The Morgan fingerprint density at radius 2 is 0.412 bits per heavy atom. The van der Waals surface area contributed by atoms with Crippen LogP contribution in [0.5, 0.6) is 0 Å². The van der Waals surface area contributed by atoms with Crippen molar-refractivity contribution in [3.05, 3.63) is 567 Å². The van der Waals surface area contributed by atoms with Crippen LogP contribution in [0.4, 0.5) is 51.2 Å². The van der Waals surface area contributed by atoms with Gasteiger partial charge in [0.15, 0.2) is 0 Å². The van der Waals surface area contributed by atoms with E-state index in [1.807, 2.05) is 23.5 Å². The van der Waals surface area contributed by atoms with Crippen molar-refractivity contribution in [2.24, 2.45) is 0 Å². The van der Waals surface area contributed by atoms with Crippen molar-refractivity contribution in [1.29, 1.82) is 0 Å². The first kappa shape index (κ1) is 90.0. The van der Waals surface area contributed by atoms with Gasteiger partial charge in [-0.15, -0.1) is 11.3 Å². The molecule has 4 aromatic heterocycles. The van der Waals surface area contributed by atoms with Crippen LogP contribution in [0, 0.1) is 0 Å². The maximum Gasteiger partial charge on any atom is 0.0619 e. The number of aromatic nitrogens is 3. The lowest BCUT2D eigenvalue weighted by Crippen LogP contribution is -2.10. The summed E-state index contributed by atoms with van der Waals surface area (Å²) in [4.78, 5) is 6.87. The molecule has 0 bridgehead atoms. The van der Waals surface area contributed by atoms with Gasteiger partial charge < -0.3 is 28.4 Å². The molecule has 0 atom stereocenters. The Balaban J connectivity index is 0.000000112. The van der Waals surface area contributed by atoms with E-state index in [0.717, 1.165) is 124 Å². The second-order valence-electron chi connectivity index (χ2n) is 37.5. The quantitative estimate of drug-likeness (QED) is 0.0908. The van der Waals surface area contributed by atoms with Gasteiger partial charge in [-0.2, -0.15) is 0 Å². The Labute approximate surface area is 876 Å². The first-order valence-electron chi connectivity index (χ1n) is 49.9. The van der Waals surface area contributed by atoms with Gasteiger partial charge >= 0.3 is 0 Å². The Kier molecular flexibility index (Phi) is 23.7. The molecule has 148 heavy (non-hydrogen) atoms. The van der Waals surface area contributed by atoms with E-state index >= 15 is 0 Å². The lowest BCUT2D eigenvalue weighted by Gasteiger charge is -2.27. The number of hydrogen-bond donors (Lipinski definition) is 0. The van der Waals surface area contributed by atoms with Crippen LogP contribution in [0.15, 0.2) is 552 Å². The smallest absolute Gasteiger partial charge is 0.0619 e. The summed E-state index contributed by atoms with van der Waals surface area (Å²) in [6.45, 7) is 0. The molecule has 0 aliphatic rings. The highest BCUT2D eigenvalue weighted by Crippen LogP contribution is 2.50. The number of anilines is 9. The number of rotatable bonds is 17. The molecule has 0 saturated carbocycles. The van der Waals surface area contributed by atoms with E-state index in [1.165, 1.54) is 118 Å². The van der Waals surface area contributed by atoms with Crippen LogP contribution in [0.3, 0.4) is 0 Å². The minimum absolute atomic E-state index is 0.683. The molecule has 10 heteroatoms. The van der Waals surface area contributed by atoms with Gasteiger partial charge in [0.2, 0.25) is 0 Å². The summed E-state index contributed by atoms with van der Waals surface area (Å²) >= 11 is 22.8. The molecule has 700 valence electrons. The predicted octanol–water partition coefficient (Wildman–Crippen LogP) is 40.9. The van der Waals surface area contributed by atoms with Crippen LogP contribution >= 0.6 is 46.1 Å². The van der Waals surface area contributed by atoms with Crippen LogP contribution in [0.1, 0.15) is 0 Å². The monoisotopic (exact) mass is 1970 g/mol. The van der Waals surface area contributed by atoms with E-state index in [2.05, 4.69) is 568 Å². The SMILES string of the molecule is Clc1cc(-c2ccc3c4ccc5ccccc5c4n(-c4ccccc4)c3c2)cc(N(c2ccccc2)c2ccc(-c3ccccc3)cc2)c1.Clc1cc(-c2ccc3c4ccc5ccccc5c4n(-c4ccccc4)c3c2)cc(N(c2ccccc2)c2ccc3sc4ccccc4c3c2)c1.Clc1cc(-c2ccc3c4ccc5ccccc5c4n(-c4ccccc4)c3c2)cc(N(c2ccccc2)c2cccc(-c3ccccc3)c2)c1. The largest absolute Gasteiger partial charge is 0.310 e. The number of thiophene rings is 1. The van der Waals surface area contributed by atoms with Gasteiger partial charge in [-0.1, -0.05) is 393 Å². The van der Waals surface area contributed by atoms with Crippen LogP contribution in [-0.2, 0) is 0 Å². The van der Waals surface area contributed by atoms with E-state index in [9.17, 15) is 0 Å². The van der Waals surface area contributed by atoms with Gasteiger partial charge in [0.05, 0.1) is 33.1 Å². The molecule has 4 heterocycles. The van der Waals surface area contributed by atoms with Gasteiger partial charge in [0.25, 0.3) is 0 Å². The molecule has 0 aliphatic heterocycles. The molecule has 0 amide bonds. The topological polar surface area (TPSA) is 24.5 Å². The van der Waals surface area contributed by atoms with Crippen molar-refractivity contribution in [1.82, 2.24) is 13.7 Å². The van der Waals surface area contributed by atoms with Gasteiger partial charge in [-0.05, 0) is 266 Å². The van der Waals surface area contributed by atoms with Gasteiger partial charge in [-0.3, -0.25) is 0 Å². The molecular formula is C138H91Cl3N6S. The zero-order valence-electron chi connectivity index (χ0n) is 80.3. The van der Waals surface area contributed by atoms with Crippen LogP contribution in [-0.4, -0.2) is 13.7 Å². The number of para-hydroxylation sites is 6. The first-order chi connectivity index (χ1) is 73.1. The molecule has 0 N–H and O–H groups in total. The second kappa shape index (κ2) is 38.9. The minimum atomic E-state index is 0.683. The van der Waals surface area contributed by atoms with Gasteiger partial charge in [-0.25, -0.2) is 0 Å². The summed E-state index contributed by atoms with van der Waals surface area (Å²) in [6.07, 6.45) is 0.